The number of pyridine rings is 1. The lowest BCUT2D eigenvalue weighted by Crippen LogP contribution is -2.37. The lowest BCUT2D eigenvalue weighted by molar-refractivity contribution is 0.419. The van der Waals surface area contributed by atoms with E-state index in [0.29, 0.717) is 22.7 Å². The Bertz CT molecular complexity index is 1240. The first kappa shape index (κ1) is 18.4. The van der Waals surface area contributed by atoms with Crippen LogP contribution in [0.3, 0.4) is 0 Å². The molecule has 0 atom stereocenters. The molecule has 1 saturated heterocycles. The SMILES string of the molecule is COc1cc(-c2cccc(F)c2F)cc2c(N3CCC3)nc(-c3cccnc3)nc12. The topological polar surface area (TPSA) is 51.1 Å². The third kappa shape index (κ3) is 3.03. The highest BCUT2D eigenvalue weighted by Gasteiger charge is 2.23. The summed E-state index contributed by atoms with van der Waals surface area (Å²) in [6, 6.07) is 11.4. The second kappa shape index (κ2) is 7.33. The zero-order valence-corrected chi connectivity index (χ0v) is 16.3. The Morgan fingerprint density at radius 2 is 1.87 bits per heavy atom. The van der Waals surface area contributed by atoms with E-state index in [9.17, 15) is 8.78 Å². The van der Waals surface area contributed by atoms with E-state index >= 15 is 0 Å². The molecule has 0 amide bonds. The van der Waals surface area contributed by atoms with Crippen molar-refractivity contribution in [3.63, 3.8) is 0 Å². The third-order valence-electron chi connectivity index (χ3n) is 5.30. The fourth-order valence-electron chi connectivity index (χ4n) is 3.62. The molecule has 1 fully saturated rings. The van der Waals surface area contributed by atoms with Crippen molar-refractivity contribution in [3.05, 3.63) is 66.5 Å². The van der Waals surface area contributed by atoms with Crippen molar-refractivity contribution in [2.75, 3.05) is 25.1 Å². The Hall–Kier alpha value is -3.61. The molecule has 4 aromatic rings. The number of fused-ring (bicyclic) bond motifs is 1. The number of hydrogen-bond donors (Lipinski definition) is 0. The first-order valence-electron chi connectivity index (χ1n) is 9.65. The summed E-state index contributed by atoms with van der Waals surface area (Å²) in [5.74, 6) is -0.0157. The molecular formula is C23H18F2N4O. The molecule has 5 nitrogen and oxygen atoms in total. The lowest BCUT2D eigenvalue weighted by atomic mass is 10.0. The number of ether oxygens (including phenoxy) is 1. The van der Waals surface area contributed by atoms with Crippen molar-refractivity contribution in [1.82, 2.24) is 15.0 Å². The van der Waals surface area contributed by atoms with Gasteiger partial charge in [-0.05, 0) is 42.3 Å². The van der Waals surface area contributed by atoms with Crippen molar-refractivity contribution in [1.29, 1.82) is 0 Å². The van der Waals surface area contributed by atoms with Gasteiger partial charge in [-0.1, -0.05) is 12.1 Å². The van der Waals surface area contributed by atoms with Gasteiger partial charge in [-0.25, -0.2) is 18.7 Å². The Morgan fingerprint density at radius 1 is 1.00 bits per heavy atom. The van der Waals surface area contributed by atoms with Crippen LogP contribution in [0.4, 0.5) is 14.6 Å². The average molecular weight is 404 g/mol. The van der Waals surface area contributed by atoms with Gasteiger partial charge in [0.2, 0.25) is 0 Å². The summed E-state index contributed by atoms with van der Waals surface area (Å²) in [5.41, 5.74) is 2.09. The van der Waals surface area contributed by atoms with Gasteiger partial charge in [-0.15, -0.1) is 0 Å². The van der Waals surface area contributed by atoms with Crippen LogP contribution in [0.25, 0.3) is 33.4 Å². The highest BCUT2D eigenvalue weighted by molar-refractivity contribution is 5.98. The number of hydrogen-bond acceptors (Lipinski definition) is 5. The van der Waals surface area contributed by atoms with Crippen molar-refractivity contribution in [2.45, 2.75) is 6.42 Å². The van der Waals surface area contributed by atoms with Gasteiger partial charge in [-0.2, -0.15) is 0 Å². The summed E-state index contributed by atoms with van der Waals surface area (Å²) in [7, 11) is 1.54. The molecule has 0 saturated carbocycles. The number of nitrogens with zero attached hydrogens (tertiary/aromatic N) is 4. The number of aromatic nitrogens is 3. The van der Waals surface area contributed by atoms with E-state index < -0.39 is 11.6 Å². The zero-order valence-electron chi connectivity index (χ0n) is 16.3. The molecule has 1 aliphatic heterocycles. The van der Waals surface area contributed by atoms with E-state index in [1.807, 2.05) is 12.1 Å². The van der Waals surface area contributed by atoms with E-state index in [0.717, 1.165) is 42.3 Å². The van der Waals surface area contributed by atoms with Gasteiger partial charge in [-0.3, -0.25) is 4.98 Å². The molecule has 0 N–H and O–H groups in total. The second-order valence-electron chi connectivity index (χ2n) is 7.13. The number of rotatable bonds is 4. The summed E-state index contributed by atoms with van der Waals surface area (Å²) in [5, 5.41) is 0.736. The fraction of sp³-hybridized carbons (Fsp3) is 0.174. The van der Waals surface area contributed by atoms with Gasteiger partial charge in [0.05, 0.1) is 7.11 Å². The summed E-state index contributed by atoms with van der Waals surface area (Å²) >= 11 is 0. The molecule has 0 unspecified atom stereocenters. The fourth-order valence-corrected chi connectivity index (χ4v) is 3.62. The minimum absolute atomic E-state index is 0.168. The van der Waals surface area contributed by atoms with Crippen molar-refractivity contribution >= 4 is 16.7 Å². The minimum Gasteiger partial charge on any atom is -0.494 e. The van der Waals surface area contributed by atoms with Crippen LogP contribution in [0.2, 0.25) is 0 Å². The van der Waals surface area contributed by atoms with E-state index in [1.165, 1.54) is 13.2 Å². The van der Waals surface area contributed by atoms with Crippen molar-refractivity contribution in [2.24, 2.45) is 0 Å². The summed E-state index contributed by atoms with van der Waals surface area (Å²) in [6.07, 6.45) is 4.48. The maximum Gasteiger partial charge on any atom is 0.166 e. The minimum atomic E-state index is -0.891. The van der Waals surface area contributed by atoms with Gasteiger partial charge in [0.1, 0.15) is 17.1 Å². The highest BCUT2D eigenvalue weighted by Crippen LogP contribution is 2.38. The molecule has 30 heavy (non-hydrogen) atoms. The van der Waals surface area contributed by atoms with Crippen LogP contribution in [0.5, 0.6) is 5.75 Å². The molecule has 5 rings (SSSR count). The van der Waals surface area contributed by atoms with E-state index in [2.05, 4.69) is 9.88 Å². The van der Waals surface area contributed by atoms with Crippen LogP contribution in [-0.4, -0.2) is 35.2 Å². The molecule has 0 bridgehead atoms. The number of benzene rings is 2. The Morgan fingerprint density at radius 3 is 2.57 bits per heavy atom. The molecular weight excluding hydrogens is 386 g/mol. The van der Waals surface area contributed by atoms with Crippen LogP contribution < -0.4 is 9.64 Å². The van der Waals surface area contributed by atoms with E-state index in [1.54, 1.807) is 30.6 Å². The zero-order chi connectivity index (χ0) is 20.7. The van der Waals surface area contributed by atoms with Gasteiger partial charge >= 0.3 is 0 Å². The largest absolute Gasteiger partial charge is 0.494 e. The quantitative estimate of drug-likeness (QED) is 0.486. The number of methoxy groups -OCH3 is 1. The van der Waals surface area contributed by atoms with Crippen LogP contribution in [-0.2, 0) is 0 Å². The van der Waals surface area contributed by atoms with E-state index in [-0.39, 0.29) is 5.56 Å². The molecule has 0 radical (unpaired) electrons. The first-order valence-corrected chi connectivity index (χ1v) is 9.65. The summed E-state index contributed by atoms with van der Waals surface area (Å²) in [4.78, 5) is 15.8. The molecule has 3 heterocycles. The normalized spacial score (nSPS) is 13.4. The van der Waals surface area contributed by atoms with Crippen LogP contribution in [0.15, 0.2) is 54.9 Å². The maximum atomic E-state index is 14.5. The number of halogens is 2. The van der Waals surface area contributed by atoms with Gasteiger partial charge < -0.3 is 9.64 Å². The van der Waals surface area contributed by atoms with Crippen molar-refractivity contribution < 1.29 is 13.5 Å². The van der Waals surface area contributed by atoms with Gasteiger partial charge in [0.25, 0.3) is 0 Å². The van der Waals surface area contributed by atoms with Gasteiger partial charge in [0, 0.05) is 42.0 Å². The Labute approximate surface area is 172 Å². The number of anilines is 1. The molecule has 0 spiro atoms. The van der Waals surface area contributed by atoms with Crippen LogP contribution in [0.1, 0.15) is 6.42 Å². The average Bonchev–Trinajstić information content (AvgIpc) is 2.74. The highest BCUT2D eigenvalue weighted by atomic mass is 19.2. The van der Waals surface area contributed by atoms with Crippen molar-refractivity contribution in [3.8, 4) is 28.3 Å². The van der Waals surface area contributed by atoms with E-state index in [4.69, 9.17) is 14.7 Å². The lowest BCUT2D eigenvalue weighted by Gasteiger charge is -2.33. The molecule has 2 aromatic heterocycles. The molecule has 1 aliphatic rings. The second-order valence-corrected chi connectivity index (χ2v) is 7.13. The first-order chi connectivity index (χ1) is 14.7. The standard InChI is InChI=1S/C23H18F2N4O/c1-30-19-12-15(16-6-2-7-18(24)20(16)25)11-17-21(19)27-22(14-5-3-8-26-13-14)28-23(17)29-9-4-10-29/h2-3,5-8,11-13H,4,9-10H2,1H3. The Kier molecular flexibility index (Phi) is 4.50. The molecule has 7 heteroatoms. The van der Waals surface area contributed by atoms with Gasteiger partial charge in [0.15, 0.2) is 17.5 Å². The summed E-state index contributed by atoms with van der Waals surface area (Å²) in [6.45, 7) is 1.75. The Balaban J connectivity index is 1.79. The van der Waals surface area contributed by atoms with Crippen LogP contribution >= 0.6 is 0 Å². The predicted molar refractivity (Wildman–Crippen MR) is 112 cm³/mol. The predicted octanol–water partition coefficient (Wildman–Crippen LogP) is 4.86. The van der Waals surface area contributed by atoms with Crippen LogP contribution in [0, 0.1) is 11.6 Å². The molecule has 150 valence electrons. The molecule has 2 aromatic carbocycles. The monoisotopic (exact) mass is 404 g/mol. The third-order valence-corrected chi connectivity index (χ3v) is 5.30. The molecule has 0 aliphatic carbocycles. The summed E-state index contributed by atoms with van der Waals surface area (Å²) < 4.78 is 33.9. The smallest absolute Gasteiger partial charge is 0.166 e. The maximum absolute atomic E-state index is 14.5.